The summed E-state index contributed by atoms with van der Waals surface area (Å²) >= 11 is 0. The van der Waals surface area contributed by atoms with Crippen molar-refractivity contribution in [1.82, 2.24) is 10.2 Å². The number of aromatic amines is 1. The van der Waals surface area contributed by atoms with Crippen molar-refractivity contribution in [2.45, 2.75) is 18.7 Å². The van der Waals surface area contributed by atoms with Crippen LogP contribution in [0.3, 0.4) is 0 Å². The van der Waals surface area contributed by atoms with Gasteiger partial charge in [-0.15, -0.1) is 0 Å². The molecule has 0 unspecified atom stereocenters. The first-order valence-electron chi connectivity index (χ1n) is 8.38. The van der Waals surface area contributed by atoms with Crippen LogP contribution in [0.1, 0.15) is 21.7 Å². The molecule has 2 aromatic carbocycles. The van der Waals surface area contributed by atoms with Gasteiger partial charge < -0.3 is 5.32 Å². The minimum absolute atomic E-state index is 0.0939. The van der Waals surface area contributed by atoms with Crippen LogP contribution in [0.2, 0.25) is 0 Å². The first-order valence-corrected chi connectivity index (χ1v) is 9.86. The molecular weight excluding hydrogens is 398 g/mol. The van der Waals surface area contributed by atoms with Crippen molar-refractivity contribution in [3.05, 3.63) is 75.6 Å². The monoisotopic (exact) mass is 415 g/mol. The standard InChI is InChI=1S/C18H17N5O5S/c1-11-17(12(2)21-20-11)19-18(24)13-6-5-7-14(10-13)22-29(27,28)16-9-4-3-8-15(16)23(25)26/h3-10,22H,1-2H3,(H,19,24)(H,20,21). The second kappa shape index (κ2) is 7.72. The number of carbonyl (C=O) groups excluding carboxylic acids is 1. The minimum atomic E-state index is -4.23. The van der Waals surface area contributed by atoms with E-state index >= 15 is 0 Å². The van der Waals surface area contributed by atoms with E-state index < -0.39 is 31.4 Å². The Hall–Kier alpha value is -3.73. The van der Waals surface area contributed by atoms with Crippen LogP contribution in [0.15, 0.2) is 53.4 Å². The summed E-state index contributed by atoms with van der Waals surface area (Å²) in [5.41, 5.74) is 1.60. The quantitative estimate of drug-likeness (QED) is 0.416. The molecule has 3 N–H and O–H groups in total. The summed E-state index contributed by atoms with van der Waals surface area (Å²) < 4.78 is 27.5. The van der Waals surface area contributed by atoms with Crippen molar-refractivity contribution < 1.29 is 18.1 Å². The topological polar surface area (TPSA) is 147 Å². The van der Waals surface area contributed by atoms with Gasteiger partial charge >= 0.3 is 0 Å². The summed E-state index contributed by atoms with van der Waals surface area (Å²) in [6.07, 6.45) is 0. The summed E-state index contributed by atoms with van der Waals surface area (Å²) in [7, 11) is -4.23. The lowest BCUT2D eigenvalue weighted by Crippen LogP contribution is -2.16. The van der Waals surface area contributed by atoms with Gasteiger partial charge in [0.1, 0.15) is 0 Å². The highest BCUT2D eigenvalue weighted by atomic mass is 32.2. The maximum absolute atomic E-state index is 12.6. The zero-order valence-corrected chi connectivity index (χ0v) is 16.3. The predicted molar refractivity (Wildman–Crippen MR) is 106 cm³/mol. The lowest BCUT2D eigenvalue weighted by Gasteiger charge is -2.10. The SMILES string of the molecule is Cc1n[nH]c(C)c1NC(=O)c1cccc(NS(=O)(=O)c2ccccc2[N+](=O)[O-])c1. The Morgan fingerprint density at radius 1 is 1.14 bits per heavy atom. The highest BCUT2D eigenvalue weighted by Gasteiger charge is 2.25. The molecule has 0 saturated heterocycles. The molecule has 3 aromatic rings. The van der Waals surface area contributed by atoms with E-state index in [0.29, 0.717) is 17.1 Å². The summed E-state index contributed by atoms with van der Waals surface area (Å²) in [5.74, 6) is -0.454. The fourth-order valence-corrected chi connectivity index (χ4v) is 3.91. The number of H-pyrrole nitrogens is 1. The Morgan fingerprint density at radius 3 is 2.52 bits per heavy atom. The molecule has 0 saturated carbocycles. The Labute approximate surface area is 166 Å². The molecule has 10 nitrogen and oxygen atoms in total. The smallest absolute Gasteiger partial charge is 0.289 e. The molecule has 0 bridgehead atoms. The van der Waals surface area contributed by atoms with Crippen LogP contribution in [-0.2, 0) is 10.0 Å². The Balaban J connectivity index is 1.87. The molecule has 1 heterocycles. The number of aromatic nitrogens is 2. The number of anilines is 2. The maximum atomic E-state index is 12.6. The number of sulfonamides is 1. The van der Waals surface area contributed by atoms with Crippen LogP contribution >= 0.6 is 0 Å². The minimum Gasteiger partial charge on any atom is -0.319 e. The fraction of sp³-hybridized carbons (Fsp3) is 0.111. The average molecular weight is 415 g/mol. The molecule has 0 radical (unpaired) electrons. The molecule has 0 aliphatic heterocycles. The largest absolute Gasteiger partial charge is 0.319 e. The molecule has 0 spiro atoms. The molecule has 0 aliphatic rings. The van der Waals surface area contributed by atoms with E-state index in [2.05, 4.69) is 20.2 Å². The number of para-hydroxylation sites is 1. The highest BCUT2D eigenvalue weighted by molar-refractivity contribution is 7.92. The van der Waals surface area contributed by atoms with Crippen molar-refractivity contribution in [2.75, 3.05) is 10.0 Å². The van der Waals surface area contributed by atoms with Gasteiger partial charge in [0.15, 0.2) is 4.90 Å². The highest BCUT2D eigenvalue weighted by Crippen LogP contribution is 2.26. The van der Waals surface area contributed by atoms with Crippen molar-refractivity contribution in [3.8, 4) is 0 Å². The van der Waals surface area contributed by atoms with Crippen LogP contribution in [0, 0.1) is 24.0 Å². The van der Waals surface area contributed by atoms with Gasteiger partial charge in [0.2, 0.25) is 0 Å². The van der Waals surface area contributed by atoms with Crippen molar-refractivity contribution in [3.63, 3.8) is 0 Å². The van der Waals surface area contributed by atoms with Gasteiger partial charge in [-0.3, -0.25) is 24.7 Å². The zero-order valence-electron chi connectivity index (χ0n) is 15.5. The second-order valence-electron chi connectivity index (χ2n) is 6.17. The zero-order chi connectivity index (χ0) is 21.2. The van der Waals surface area contributed by atoms with Gasteiger partial charge in [-0.25, -0.2) is 8.42 Å². The number of hydrogen-bond acceptors (Lipinski definition) is 6. The van der Waals surface area contributed by atoms with Crippen LogP contribution in [0.4, 0.5) is 17.1 Å². The molecule has 3 rings (SSSR count). The van der Waals surface area contributed by atoms with E-state index in [1.165, 1.54) is 36.4 Å². The predicted octanol–water partition coefficient (Wildman–Crippen LogP) is 2.99. The number of nitrogens with one attached hydrogen (secondary N) is 3. The molecule has 1 amide bonds. The van der Waals surface area contributed by atoms with Crippen molar-refractivity contribution >= 4 is 33.0 Å². The van der Waals surface area contributed by atoms with Gasteiger partial charge in [0.05, 0.1) is 22.0 Å². The van der Waals surface area contributed by atoms with Gasteiger partial charge in [-0.2, -0.15) is 5.10 Å². The summed E-state index contributed by atoms with van der Waals surface area (Å²) in [6, 6.07) is 10.8. The summed E-state index contributed by atoms with van der Waals surface area (Å²) in [4.78, 5) is 22.4. The fourth-order valence-electron chi connectivity index (χ4n) is 2.69. The van der Waals surface area contributed by atoms with Crippen LogP contribution in [0.25, 0.3) is 0 Å². The van der Waals surface area contributed by atoms with E-state index in [9.17, 15) is 23.3 Å². The number of carbonyl (C=O) groups is 1. The van der Waals surface area contributed by atoms with Crippen molar-refractivity contribution in [2.24, 2.45) is 0 Å². The number of rotatable bonds is 6. The Bertz CT molecular complexity index is 1180. The molecule has 29 heavy (non-hydrogen) atoms. The molecular formula is C18H17N5O5S. The van der Waals surface area contributed by atoms with E-state index in [1.54, 1.807) is 13.8 Å². The first-order chi connectivity index (χ1) is 13.7. The molecule has 150 valence electrons. The van der Waals surface area contributed by atoms with E-state index in [1.807, 2.05) is 0 Å². The van der Waals surface area contributed by atoms with Gasteiger partial charge in [-0.1, -0.05) is 18.2 Å². The maximum Gasteiger partial charge on any atom is 0.289 e. The van der Waals surface area contributed by atoms with Gasteiger partial charge in [0, 0.05) is 17.3 Å². The summed E-state index contributed by atoms with van der Waals surface area (Å²) in [5, 5.41) is 20.6. The lowest BCUT2D eigenvalue weighted by molar-refractivity contribution is -0.387. The normalized spacial score (nSPS) is 11.1. The third kappa shape index (κ3) is 4.24. The Morgan fingerprint density at radius 2 is 1.86 bits per heavy atom. The number of aryl methyl sites for hydroxylation is 2. The van der Waals surface area contributed by atoms with Gasteiger partial charge in [0.25, 0.3) is 21.6 Å². The van der Waals surface area contributed by atoms with Gasteiger partial charge in [-0.05, 0) is 38.1 Å². The molecule has 11 heteroatoms. The first kappa shape index (κ1) is 20.0. The number of benzene rings is 2. The number of nitro benzene ring substituents is 1. The number of amides is 1. The van der Waals surface area contributed by atoms with E-state index in [0.717, 1.165) is 12.1 Å². The number of hydrogen-bond donors (Lipinski definition) is 3. The van der Waals surface area contributed by atoms with Crippen LogP contribution in [0.5, 0.6) is 0 Å². The van der Waals surface area contributed by atoms with Crippen LogP contribution < -0.4 is 10.0 Å². The number of nitro groups is 1. The Kier molecular flexibility index (Phi) is 5.33. The van der Waals surface area contributed by atoms with E-state index in [4.69, 9.17) is 0 Å². The summed E-state index contributed by atoms with van der Waals surface area (Å²) in [6.45, 7) is 3.49. The van der Waals surface area contributed by atoms with Crippen LogP contribution in [-0.4, -0.2) is 29.4 Å². The molecule has 0 atom stereocenters. The molecule has 0 fully saturated rings. The third-order valence-electron chi connectivity index (χ3n) is 4.10. The lowest BCUT2D eigenvalue weighted by atomic mass is 10.2. The van der Waals surface area contributed by atoms with E-state index in [-0.39, 0.29) is 11.3 Å². The molecule has 0 aliphatic carbocycles. The average Bonchev–Trinajstić information content (AvgIpc) is 2.99. The van der Waals surface area contributed by atoms with Crippen molar-refractivity contribution in [1.29, 1.82) is 0 Å². The number of nitrogens with zero attached hydrogens (tertiary/aromatic N) is 2. The molecule has 1 aromatic heterocycles. The second-order valence-corrected chi connectivity index (χ2v) is 7.83. The third-order valence-corrected chi connectivity index (χ3v) is 5.52.